The summed E-state index contributed by atoms with van der Waals surface area (Å²) in [6, 6.07) is 17.5. The lowest BCUT2D eigenvalue weighted by atomic mass is 10.0. The third-order valence-corrected chi connectivity index (χ3v) is 7.08. The minimum atomic E-state index is -0.0915. The van der Waals surface area contributed by atoms with Gasteiger partial charge in [-0.2, -0.15) is 0 Å². The molecule has 2 saturated heterocycles. The number of furan rings is 1. The quantitative estimate of drug-likeness (QED) is 0.467. The van der Waals surface area contributed by atoms with E-state index in [0.717, 1.165) is 52.5 Å². The Morgan fingerprint density at radius 1 is 1.16 bits per heavy atom. The number of benzene rings is 1. The van der Waals surface area contributed by atoms with Gasteiger partial charge in [-0.3, -0.25) is 4.98 Å². The van der Waals surface area contributed by atoms with Gasteiger partial charge in [0, 0.05) is 29.3 Å². The van der Waals surface area contributed by atoms with Crippen molar-refractivity contribution in [3.63, 3.8) is 0 Å². The van der Waals surface area contributed by atoms with Crippen molar-refractivity contribution < 1.29 is 9.15 Å². The van der Waals surface area contributed by atoms with E-state index in [1.165, 1.54) is 0 Å². The molecular weight excluding hydrogens is 450 g/mol. The molecule has 2 aliphatic heterocycles. The van der Waals surface area contributed by atoms with Crippen LogP contribution in [0, 0.1) is 0 Å². The van der Waals surface area contributed by atoms with Crippen molar-refractivity contribution in [3.05, 3.63) is 77.3 Å². The molecule has 2 aliphatic rings. The Bertz CT molecular complexity index is 1040. The summed E-state index contributed by atoms with van der Waals surface area (Å²) in [5.41, 5.74) is 0.938. The van der Waals surface area contributed by atoms with Gasteiger partial charge in [0.05, 0.1) is 17.8 Å². The molecular formula is C23H22ClN3O2S2. The molecule has 0 saturated carbocycles. The van der Waals surface area contributed by atoms with E-state index in [1.807, 2.05) is 60.8 Å². The molecule has 3 aromatic rings. The maximum absolute atomic E-state index is 6.32. The fourth-order valence-corrected chi connectivity index (χ4v) is 5.31. The summed E-state index contributed by atoms with van der Waals surface area (Å²) in [6.45, 7) is 1.55. The number of halogens is 1. The Kier molecular flexibility index (Phi) is 6.18. The monoisotopic (exact) mass is 471 g/mol. The molecule has 2 fully saturated rings. The minimum Gasteiger partial charge on any atom is -0.452 e. The molecule has 0 spiro atoms. The topological polar surface area (TPSA) is 50.5 Å². The van der Waals surface area contributed by atoms with Crippen LogP contribution < -0.4 is 5.32 Å². The summed E-state index contributed by atoms with van der Waals surface area (Å²) in [5, 5.41) is 5.72. The predicted octanol–water partition coefficient (Wildman–Crippen LogP) is 5.63. The standard InChI is InChI=1S/C23H22ClN3O2S2/c24-15-6-8-17(9-7-15)31-20-11-10-19(29-20)22-21(18-5-1-2-12-25-18)26-23(30)27(22)14-16-4-3-13-28-16/h1-2,5-12,16,21-22H,3-4,13-14H2,(H,26,30)/t16-,21-,22+/m0/s1. The molecule has 3 atom stereocenters. The summed E-state index contributed by atoms with van der Waals surface area (Å²) in [5.74, 6) is 0.859. The second-order valence-electron chi connectivity index (χ2n) is 7.63. The molecule has 0 bridgehead atoms. The number of hydrogen-bond donors (Lipinski definition) is 1. The van der Waals surface area contributed by atoms with Gasteiger partial charge in [-0.15, -0.1) is 0 Å². The number of nitrogens with one attached hydrogen (secondary N) is 1. The molecule has 1 aromatic carbocycles. The number of nitrogens with zero attached hydrogens (tertiary/aromatic N) is 2. The summed E-state index contributed by atoms with van der Waals surface area (Å²) < 4.78 is 12.2. The molecule has 160 valence electrons. The maximum atomic E-state index is 6.32. The van der Waals surface area contributed by atoms with E-state index in [-0.39, 0.29) is 18.2 Å². The van der Waals surface area contributed by atoms with E-state index < -0.39 is 0 Å². The lowest BCUT2D eigenvalue weighted by Crippen LogP contribution is -2.36. The highest BCUT2D eigenvalue weighted by Crippen LogP contribution is 2.41. The summed E-state index contributed by atoms with van der Waals surface area (Å²) in [4.78, 5) is 7.85. The zero-order valence-electron chi connectivity index (χ0n) is 16.7. The molecule has 0 amide bonds. The Morgan fingerprint density at radius 3 is 2.77 bits per heavy atom. The number of aromatic nitrogens is 1. The van der Waals surface area contributed by atoms with Gasteiger partial charge < -0.3 is 19.4 Å². The zero-order valence-corrected chi connectivity index (χ0v) is 19.1. The smallest absolute Gasteiger partial charge is 0.170 e. The average Bonchev–Trinajstić information content (AvgIpc) is 3.52. The number of hydrogen-bond acceptors (Lipinski definition) is 5. The Hall–Kier alpha value is -2.06. The van der Waals surface area contributed by atoms with Crippen molar-refractivity contribution in [2.45, 2.75) is 41.0 Å². The summed E-state index contributed by atoms with van der Waals surface area (Å²) >= 11 is 13.3. The van der Waals surface area contributed by atoms with Gasteiger partial charge in [-0.05, 0) is 73.6 Å². The van der Waals surface area contributed by atoms with E-state index in [0.29, 0.717) is 5.11 Å². The highest BCUT2D eigenvalue weighted by molar-refractivity contribution is 7.99. The molecule has 8 heteroatoms. The number of thiocarbonyl (C=S) groups is 1. The molecule has 1 N–H and O–H groups in total. The molecule has 31 heavy (non-hydrogen) atoms. The molecule has 0 aliphatic carbocycles. The van der Waals surface area contributed by atoms with Crippen LogP contribution in [-0.2, 0) is 4.74 Å². The van der Waals surface area contributed by atoms with E-state index in [1.54, 1.807) is 11.8 Å². The van der Waals surface area contributed by atoms with Crippen LogP contribution in [0.2, 0.25) is 5.02 Å². The van der Waals surface area contributed by atoms with Crippen molar-refractivity contribution in [3.8, 4) is 0 Å². The first-order valence-corrected chi connectivity index (χ1v) is 11.9. The van der Waals surface area contributed by atoms with E-state index in [9.17, 15) is 0 Å². The van der Waals surface area contributed by atoms with Crippen LogP contribution in [0.25, 0.3) is 0 Å². The molecule has 0 unspecified atom stereocenters. The average molecular weight is 472 g/mol. The first-order chi connectivity index (χ1) is 15.2. The molecule has 5 nitrogen and oxygen atoms in total. The molecule has 0 radical (unpaired) electrons. The first kappa shape index (κ1) is 20.8. The van der Waals surface area contributed by atoms with Crippen LogP contribution in [0.15, 0.2) is 75.2 Å². The van der Waals surface area contributed by atoms with Crippen molar-refractivity contribution in [1.82, 2.24) is 15.2 Å². The first-order valence-electron chi connectivity index (χ1n) is 10.3. The van der Waals surface area contributed by atoms with Crippen LogP contribution >= 0.6 is 35.6 Å². The van der Waals surface area contributed by atoms with Gasteiger partial charge in [-0.1, -0.05) is 29.4 Å². The Morgan fingerprint density at radius 2 is 2.03 bits per heavy atom. The van der Waals surface area contributed by atoms with Crippen molar-refractivity contribution in [2.75, 3.05) is 13.2 Å². The van der Waals surface area contributed by atoms with Crippen LogP contribution in [0.5, 0.6) is 0 Å². The minimum absolute atomic E-state index is 0.0883. The van der Waals surface area contributed by atoms with Gasteiger partial charge in [0.1, 0.15) is 11.8 Å². The van der Waals surface area contributed by atoms with Crippen LogP contribution in [-0.4, -0.2) is 34.3 Å². The Balaban J connectivity index is 1.43. The summed E-state index contributed by atoms with van der Waals surface area (Å²) in [6.07, 6.45) is 4.14. The molecule has 2 aromatic heterocycles. The molecule has 4 heterocycles. The zero-order chi connectivity index (χ0) is 21.2. The normalized spacial score (nSPS) is 23.3. The fraction of sp³-hybridized carbons (Fsp3) is 0.304. The largest absolute Gasteiger partial charge is 0.452 e. The van der Waals surface area contributed by atoms with Gasteiger partial charge >= 0.3 is 0 Å². The van der Waals surface area contributed by atoms with Crippen LogP contribution in [0.1, 0.15) is 36.4 Å². The van der Waals surface area contributed by atoms with Gasteiger partial charge in [0.25, 0.3) is 0 Å². The van der Waals surface area contributed by atoms with Gasteiger partial charge in [0.15, 0.2) is 10.2 Å². The Labute approximate surface area is 196 Å². The fourth-order valence-electron chi connectivity index (χ4n) is 4.09. The van der Waals surface area contributed by atoms with E-state index >= 15 is 0 Å². The van der Waals surface area contributed by atoms with Crippen molar-refractivity contribution >= 4 is 40.7 Å². The van der Waals surface area contributed by atoms with Gasteiger partial charge in [0.2, 0.25) is 0 Å². The third-order valence-electron chi connectivity index (χ3n) is 5.55. The maximum Gasteiger partial charge on any atom is 0.170 e. The number of rotatable bonds is 6. The molecule has 5 rings (SSSR count). The highest BCUT2D eigenvalue weighted by atomic mass is 35.5. The van der Waals surface area contributed by atoms with E-state index in [2.05, 4.69) is 15.2 Å². The lowest BCUT2D eigenvalue weighted by molar-refractivity contribution is 0.0812. The third kappa shape index (κ3) is 4.60. The highest BCUT2D eigenvalue weighted by Gasteiger charge is 2.42. The number of pyridine rings is 1. The van der Waals surface area contributed by atoms with E-state index in [4.69, 9.17) is 33.0 Å². The van der Waals surface area contributed by atoms with Crippen molar-refractivity contribution in [1.29, 1.82) is 0 Å². The lowest BCUT2D eigenvalue weighted by Gasteiger charge is -2.28. The summed E-state index contributed by atoms with van der Waals surface area (Å²) in [7, 11) is 0. The predicted molar refractivity (Wildman–Crippen MR) is 125 cm³/mol. The number of ether oxygens (including phenoxy) is 1. The van der Waals surface area contributed by atoms with Crippen molar-refractivity contribution in [2.24, 2.45) is 0 Å². The SMILES string of the molecule is S=C1N[C@@H](c2ccccn2)[C@@H](c2ccc(Sc3ccc(Cl)cc3)o2)N1C[C@@H]1CCCO1. The van der Waals surface area contributed by atoms with Crippen LogP contribution in [0.4, 0.5) is 0 Å². The second kappa shape index (κ2) is 9.20. The van der Waals surface area contributed by atoms with Gasteiger partial charge in [-0.25, -0.2) is 0 Å². The second-order valence-corrected chi connectivity index (χ2v) is 9.53. The van der Waals surface area contributed by atoms with Crippen LogP contribution in [0.3, 0.4) is 0 Å².